The number of rotatable bonds is 9. The molecule has 1 N–H and O–H groups in total. The zero-order valence-electron chi connectivity index (χ0n) is 32.1. The number of anilines is 1. The van der Waals surface area contributed by atoms with Gasteiger partial charge in [0.15, 0.2) is 0 Å². The van der Waals surface area contributed by atoms with Gasteiger partial charge < -0.3 is 14.5 Å². The van der Waals surface area contributed by atoms with Gasteiger partial charge in [-0.2, -0.15) is 11.3 Å². The van der Waals surface area contributed by atoms with Gasteiger partial charge in [-0.1, -0.05) is 36.3 Å². The molecule has 11 heteroatoms. The topological polar surface area (TPSA) is 79.3 Å². The van der Waals surface area contributed by atoms with Crippen LogP contribution in [0, 0.1) is 17.8 Å². The number of thiophene rings is 3. The Morgan fingerprint density at radius 1 is 0.796 bits per heavy atom. The highest BCUT2D eigenvalue weighted by Gasteiger charge is 2.25. The summed E-state index contributed by atoms with van der Waals surface area (Å²) in [6, 6.07) is 12.5. The SMILES string of the molecule is CC(C)(C)NC(C)(C)C#Cc1ncnc2scc(-c3ccccc3)c12.c1nc(N2CCC(COCCN3CCCC3)CC2)c2c(-c3ccsc3)csc2n1. The molecule has 1 aromatic carbocycles. The van der Waals surface area contributed by atoms with Crippen LogP contribution in [0.2, 0.25) is 0 Å². The standard InChI is InChI=1S/C22H28N4OS2.C21H23N3S/c1-2-7-25(6-1)10-11-27-13-17-3-8-26(9-4-17)21-20-19(18-5-12-28-14-18)15-29-22(20)24-16-23-21;1-20(2,3)24-21(4,5)12-11-17-18-16(15-9-7-6-8-10-15)13-25-19(18)23-14-22-17/h5,12,14-17H,1-4,6-11,13H2;6-10,13-14,24H,1-5H3. The molecule has 2 saturated heterocycles. The molecule has 8 nitrogen and oxygen atoms in total. The van der Waals surface area contributed by atoms with Crippen molar-refractivity contribution in [2.24, 2.45) is 5.92 Å². The lowest BCUT2D eigenvalue weighted by Crippen LogP contribution is -2.49. The molecule has 0 bridgehead atoms. The molecule has 8 rings (SSSR count). The van der Waals surface area contributed by atoms with Crippen LogP contribution in [0.25, 0.3) is 42.7 Å². The zero-order valence-corrected chi connectivity index (χ0v) is 34.5. The number of likely N-dealkylation sites (tertiary alicyclic amines) is 1. The molecule has 54 heavy (non-hydrogen) atoms. The first-order chi connectivity index (χ1) is 26.1. The smallest absolute Gasteiger partial charge is 0.141 e. The van der Waals surface area contributed by atoms with Crippen LogP contribution >= 0.6 is 34.0 Å². The van der Waals surface area contributed by atoms with E-state index >= 15 is 0 Å². The quantitative estimate of drug-likeness (QED) is 0.115. The lowest BCUT2D eigenvalue weighted by atomic mass is 9.97. The average Bonchev–Trinajstić information content (AvgIpc) is 4.00. The number of ether oxygens (including phenoxy) is 1. The number of aromatic nitrogens is 4. The lowest BCUT2D eigenvalue weighted by Gasteiger charge is -2.33. The first kappa shape index (κ1) is 38.5. The number of nitrogens with one attached hydrogen (secondary N) is 1. The fourth-order valence-corrected chi connectivity index (χ4v) is 9.96. The molecule has 7 heterocycles. The van der Waals surface area contributed by atoms with Crippen molar-refractivity contribution in [3.8, 4) is 34.1 Å². The van der Waals surface area contributed by atoms with Crippen LogP contribution in [0.1, 0.15) is 66.0 Å². The van der Waals surface area contributed by atoms with E-state index in [1.807, 2.05) is 18.2 Å². The molecule has 6 aromatic rings. The second-order valence-electron chi connectivity index (χ2n) is 15.8. The third-order valence-corrected chi connectivity index (χ3v) is 12.3. The van der Waals surface area contributed by atoms with Gasteiger partial charge in [-0.15, -0.1) is 22.7 Å². The Labute approximate surface area is 332 Å². The number of piperidine rings is 1. The number of fused-ring (bicyclic) bond motifs is 2. The van der Waals surface area contributed by atoms with Gasteiger partial charge in [0.1, 0.15) is 33.8 Å². The van der Waals surface area contributed by atoms with Crippen molar-refractivity contribution in [2.45, 2.75) is 71.4 Å². The molecule has 0 saturated carbocycles. The lowest BCUT2D eigenvalue weighted by molar-refractivity contribution is 0.0753. The minimum Gasteiger partial charge on any atom is -0.380 e. The molecule has 2 aliphatic heterocycles. The predicted molar refractivity (Wildman–Crippen MR) is 229 cm³/mol. The monoisotopic (exact) mass is 777 g/mol. The molecular formula is C43H51N7OS3. The highest BCUT2D eigenvalue weighted by Crippen LogP contribution is 2.39. The second-order valence-corrected chi connectivity index (χ2v) is 18.3. The van der Waals surface area contributed by atoms with Crippen molar-refractivity contribution in [1.29, 1.82) is 0 Å². The molecule has 282 valence electrons. The van der Waals surface area contributed by atoms with Crippen LogP contribution in [0.5, 0.6) is 0 Å². The molecule has 0 spiro atoms. The van der Waals surface area contributed by atoms with Crippen molar-refractivity contribution in [3.05, 3.63) is 76.3 Å². The van der Waals surface area contributed by atoms with Gasteiger partial charge in [0.05, 0.1) is 22.9 Å². The van der Waals surface area contributed by atoms with E-state index in [-0.39, 0.29) is 11.1 Å². The van der Waals surface area contributed by atoms with Gasteiger partial charge in [-0.3, -0.25) is 5.32 Å². The molecule has 2 aliphatic rings. The van der Waals surface area contributed by atoms with Crippen molar-refractivity contribution in [2.75, 3.05) is 50.8 Å². The second kappa shape index (κ2) is 17.4. The number of nitrogens with zero attached hydrogens (tertiary/aromatic N) is 6. The van der Waals surface area contributed by atoms with Crippen LogP contribution in [0.4, 0.5) is 5.82 Å². The third-order valence-electron chi connectivity index (χ3n) is 9.84. The van der Waals surface area contributed by atoms with Crippen molar-refractivity contribution >= 4 is 60.3 Å². The van der Waals surface area contributed by atoms with E-state index in [1.54, 1.807) is 46.7 Å². The Kier molecular flexibility index (Phi) is 12.4. The number of hydrogen-bond donors (Lipinski definition) is 1. The third kappa shape index (κ3) is 9.72. The largest absolute Gasteiger partial charge is 0.380 e. The fourth-order valence-electron chi connectivity index (χ4n) is 7.47. The Morgan fingerprint density at radius 3 is 2.17 bits per heavy atom. The van der Waals surface area contributed by atoms with Crippen molar-refractivity contribution in [3.63, 3.8) is 0 Å². The van der Waals surface area contributed by atoms with E-state index in [4.69, 9.17) is 9.72 Å². The normalized spacial score (nSPS) is 15.7. The van der Waals surface area contributed by atoms with E-state index < -0.39 is 0 Å². The maximum atomic E-state index is 6.02. The summed E-state index contributed by atoms with van der Waals surface area (Å²) in [5.41, 5.74) is 5.34. The summed E-state index contributed by atoms with van der Waals surface area (Å²) in [6.07, 6.45) is 8.38. The molecule has 2 fully saturated rings. The highest BCUT2D eigenvalue weighted by molar-refractivity contribution is 7.17. The van der Waals surface area contributed by atoms with Crippen molar-refractivity contribution in [1.82, 2.24) is 30.2 Å². The molecule has 0 amide bonds. The maximum absolute atomic E-state index is 6.02. The first-order valence-corrected chi connectivity index (χ1v) is 21.7. The fraction of sp³-hybridized carbons (Fsp3) is 0.442. The summed E-state index contributed by atoms with van der Waals surface area (Å²) in [4.78, 5) is 25.1. The molecular weight excluding hydrogens is 727 g/mol. The summed E-state index contributed by atoms with van der Waals surface area (Å²) in [5.74, 6) is 8.41. The van der Waals surface area contributed by atoms with Gasteiger partial charge >= 0.3 is 0 Å². The summed E-state index contributed by atoms with van der Waals surface area (Å²) in [6.45, 7) is 18.1. The Bertz CT molecular complexity index is 2160. The van der Waals surface area contributed by atoms with E-state index in [9.17, 15) is 0 Å². The van der Waals surface area contributed by atoms with Gasteiger partial charge in [0.25, 0.3) is 0 Å². The van der Waals surface area contributed by atoms with E-state index in [1.165, 1.54) is 60.8 Å². The highest BCUT2D eigenvalue weighted by atomic mass is 32.1. The van der Waals surface area contributed by atoms with E-state index in [0.29, 0.717) is 5.92 Å². The summed E-state index contributed by atoms with van der Waals surface area (Å²) < 4.78 is 6.02. The number of hydrogen-bond acceptors (Lipinski definition) is 11. The Hall–Kier alpha value is -3.76. The van der Waals surface area contributed by atoms with Crippen molar-refractivity contribution < 1.29 is 4.74 Å². The molecule has 0 atom stereocenters. The molecule has 0 aliphatic carbocycles. The minimum absolute atomic E-state index is 0.00322. The minimum atomic E-state index is -0.307. The average molecular weight is 778 g/mol. The zero-order chi connectivity index (χ0) is 37.5. The molecule has 5 aromatic heterocycles. The van der Waals surface area contributed by atoms with Gasteiger partial charge in [0, 0.05) is 53.7 Å². The summed E-state index contributed by atoms with van der Waals surface area (Å²) in [7, 11) is 0. The summed E-state index contributed by atoms with van der Waals surface area (Å²) >= 11 is 5.09. The predicted octanol–water partition coefficient (Wildman–Crippen LogP) is 9.63. The Morgan fingerprint density at radius 2 is 1.48 bits per heavy atom. The van der Waals surface area contributed by atoms with Crippen LogP contribution in [-0.2, 0) is 4.74 Å². The van der Waals surface area contributed by atoms with Crippen LogP contribution < -0.4 is 10.2 Å². The van der Waals surface area contributed by atoms with Crippen LogP contribution in [0.3, 0.4) is 0 Å². The molecule has 0 radical (unpaired) electrons. The van der Waals surface area contributed by atoms with Gasteiger partial charge in [0.2, 0.25) is 0 Å². The van der Waals surface area contributed by atoms with Crippen LogP contribution in [0.15, 0.2) is 70.6 Å². The molecule has 0 unspecified atom stereocenters. The maximum Gasteiger partial charge on any atom is 0.141 e. The number of benzene rings is 1. The van der Waals surface area contributed by atoms with E-state index in [2.05, 4.69) is 116 Å². The van der Waals surface area contributed by atoms with E-state index in [0.717, 1.165) is 65.0 Å². The Balaban J connectivity index is 0.000000169. The first-order valence-electron chi connectivity index (χ1n) is 19.0. The summed E-state index contributed by atoms with van der Waals surface area (Å²) in [5, 5.41) is 14.5. The van der Waals surface area contributed by atoms with Crippen LogP contribution in [-0.4, -0.2) is 81.9 Å². The van der Waals surface area contributed by atoms with Gasteiger partial charge in [-0.25, -0.2) is 19.9 Å². The van der Waals surface area contributed by atoms with Gasteiger partial charge in [-0.05, 0) is 113 Å².